The van der Waals surface area contributed by atoms with Crippen LogP contribution in [0, 0.1) is 0 Å². The average Bonchev–Trinajstić information content (AvgIpc) is 1.77. The van der Waals surface area contributed by atoms with Crippen molar-refractivity contribution in [3.63, 3.8) is 0 Å². The molecule has 0 spiro atoms. The van der Waals surface area contributed by atoms with Gasteiger partial charge in [-0.3, -0.25) is 0 Å². The summed E-state index contributed by atoms with van der Waals surface area (Å²) in [6.45, 7) is 0. The summed E-state index contributed by atoms with van der Waals surface area (Å²) in [5, 5.41) is 0. The van der Waals surface area contributed by atoms with Gasteiger partial charge in [0.1, 0.15) is 0 Å². The Kier molecular flexibility index (Phi) is 10.4. The Hall–Kier alpha value is 2.81. The Bertz CT molecular complexity index is 392. The van der Waals surface area contributed by atoms with Crippen LogP contribution in [0.3, 0.4) is 0 Å². The molecule has 0 N–H and O–H groups in total. The van der Waals surface area contributed by atoms with E-state index in [4.69, 9.17) is 0 Å². The van der Waals surface area contributed by atoms with Gasteiger partial charge in [-0.15, -0.1) is 0 Å². The SMILES string of the molecule is O=S(=O)([O-])C(F)(C(F)(F)F)S(=O)(=O)[O-].[K+].[K+]. The molecule has 0 aliphatic carbocycles. The summed E-state index contributed by atoms with van der Waals surface area (Å²) in [5.74, 6) is 0. The Morgan fingerprint density at radius 2 is 0.938 bits per heavy atom. The Labute approximate surface area is 173 Å². The maximum atomic E-state index is 12.4. The van der Waals surface area contributed by atoms with E-state index in [0.29, 0.717) is 0 Å². The van der Waals surface area contributed by atoms with E-state index in [-0.39, 0.29) is 103 Å². The molecule has 0 aromatic rings. The van der Waals surface area contributed by atoms with Crippen LogP contribution in [0.2, 0.25) is 0 Å². The molecule has 0 saturated carbocycles. The molecule has 0 amide bonds. The van der Waals surface area contributed by atoms with Crippen LogP contribution >= 0.6 is 0 Å². The maximum Gasteiger partial charge on any atom is 1.00 e. The second-order valence-corrected chi connectivity index (χ2v) is 5.14. The van der Waals surface area contributed by atoms with E-state index in [9.17, 15) is 43.5 Å². The molecule has 0 aromatic carbocycles. The van der Waals surface area contributed by atoms with E-state index in [1.54, 1.807) is 0 Å². The van der Waals surface area contributed by atoms with Gasteiger partial charge in [-0.25, -0.2) is 21.2 Å². The van der Waals surface area contributed by atoms with Crippen LogP contribution in [0.15, 0.2) is 0 Å². The van der Waals surface area contributed by atoms with Gasteiger partial charge < -0.3 is 9.11 Å². The van der Waals surface area contributed by atoms with Gasteiger partial charge in [-0.05, 0) is 0 Å². The molecular formula is C2F4K2O6S2. The van der Waals surface area contributed by atoms with E-state index in [1.807, 2.05) is 0 Å². The third-order valence-corrected chi connectivity index (χ3v) is 3.96. The third kappa shape index (κ3) is 4.73. The topological polar surface area (TPSA) is 114 Å². The summed E-state index contributed by atoms with van der Waals surface area (Å²) in [7, 11) is -14.0. The zero-order valence-corrected chi connectivity index (χ0v) is 15.7. The van der Waals surface area contributed by atoms with E-state index < -0.39 is 30.7 Å². The van der Waals surface area contributed by atoms with Crippen LogP contribution in [0.5, 0.6) is 0 Å². The summed E-state index contributed by atoms with van der Waals surface area (Å²) in [4.78, 5) is 0. The number of rotatable bonds is 2. The van der Waals surface area contributed by atoms with Crippen molar-refractivity contribution in [3.8, 4) is 0 Å². The van der Waals surface area contributed by atoms with E-state index >= 15 is 0 Å². The zero-order valence-electron chi connectivity index (χ0n) is 7.78. The first-order valence-electron chi connectivity index (χ1n) is 2.41. The molecule has 6 nitrogen and oxygen atoms in total. The van der Waals surface area contributed by atoms with Crippen LogP contribution in [0.1, 0.15) is 0 Å². The first-order chi connectivity index (χ1) is 5.75. The summed E-state index contributed by atoms with van der Waals surface area (Å²) in [5.41, 5.74) is 0. The monoisotopic (exact) mass is 338 g/mol. The summed E-state index contributed by atoms with van der Waals surface area (Å²) >= 11 is 0. The van der Waals surface area contributed by atoms with Crippen LogP contribution in [0.4, 0.5) is 17.6 Å². The predicted octanol–water partition coefficient (Wildman–Crippen LogP) is -6.73. The fraction of sp³-hybridized carbons (Fsp3) is 1.00. The van der Waals surface area contributed by atoms with Gasteiger partial charge in [0.25, 0.3) is 0 Å². The van der Waals surface area contributed by atoms with E-state index in [0.717, 1.165) is 0 Å². The van der Waals surface area contributed by atoms with Crippen molar-refractivity contribution in [2.75, 3.05) is 0 Å². The molecule has 0 aliphatic heterocycles. The minimum Gasteiger partial charge on any atom is -0.744 e. The Balaban J connectivity index is -0.000000845. The van der Waals surface area contributed by atoms with Crippen LogP contribution in [-0.4, -0.2) is 36.5 Å². The minimum atomic E-state index is -7.02. The maximum absolute atomic E-state index is 12.4. The quantitative estimate of drug-likeness (QED) is 0.281. The van der Waals surface area contributed by atoms with Gasteiger partial charge in [0.15, 0.2) is 20.2 Å². The van der Waals surface area contributed by atoms with Crippen molar-refractivity contribution in [1.82, 2.24) is 0 Å². The molecule has 0 aliphatic rings. The van der Waals surface area contributed by atoms with Gasteiger partial charge in [0.2, 0.25) is 0 Å². The molecule has 0 fully saturated rings. The van der Waals surface area contributed by atoms with Crippen molar-refractivity contribution in [1.29, 1.82) is 0 Å². The van der Waals surface area contributed by atoms with Crippen molar-refractivity contribution in [2.24, 2.45) is 0 Å². The van der Waals surface area contributed by atoms with Crippen molar-refractivity contribution in [2.45, 2.75) is 10.5 Å². The second-order valence-electron chi connectivity index (χ2n) is 1.94. The zero-order chi connectivity index (χ0) is 12.0. The molecule has 0 saturated heterocycles. The second kappa shape index (κ2) is 7.00. The Morgan fingerprint density at radius 1 is 0.750 bits per heavy atom. The van der Waals surface area contributed by atoms with Crippen molar-refractivity contribution in [3.05, 3.63) is 0 Å². The van der Waals surface area contributed by atoms with Crippen LogP contribution in [-0.2, 0) is 20.2 Å². The number of halogens is 4. The summed E-state index contributed by atoms with van der Waals surface area (Å²) < 4.78 is 99.0. The van der Waals surface area contributed by atoms with Gasteiger partial charge >= 0.3 is 113 Å². The van der Waals surface area contributed by atoms with Gasteiger partial charge in [-0.1, -0.05) is 0 Å². The molecule has 0 rings (SSSR count). The van der Waals surface area contributed by atoms with Gasteiger partial charge in [0, 0.05) is 0 Å². The summed E-state index contributed by atoms with van der Waals surface area (Å²) in [6, 6.07) is 0. The Morgan fingerprint density at radius 3 is 0.938 bits per heavy atom. The fourth-order valence-electron chi connectivity index (χ4n) is 0.408. The number of hydrogen-bond acceptors (Lipinski definition) is 6. The molecule has 16 heavy (non-hydrogen) atoms. The number of hydrogen-bond donors (Lipinski definition) is 0. The molecular weight excluding hydrogens is 338 g/mol. The first kappa shape index (κ1) is 23.9. The third-order valence-electron chi connectivity index (χ3n) is 0.982. The largest absolute Gasteiger partial charge is 1.00 e. The summed E-state index contributed by atoms with van der Waals surface area (Å²) in [6.07, 6.45) is -6.64. The molecule has 14 heteroatoms. The molecule has 0 radical (unpaired) electrons. The normalized spacial score (nSPS) is 13.6. The van der Waals surface area contributed by atoms with Crippen LogP contribution in [0.25, 0.3) is 0 Å². The standard InChI is InChI=1S/C2H2F4O6S2.2K/c3-1(4,5)2(6,13(7,8)9)14(10,11)12;;/h(H,7,8,9)(H,10,11,12);;/q;2*+1/p-2. The van der Waals surface area contributed by atoms with E-state index in [2.05, 4.69) is 0 Å². The molecule has 0 atom stereocenters. The average molecular weight is 338 g/mol. The number of alkyl halides is 4. The van der Waals surface area contributed by atoms with Gasteiger partial charge in [-0.2, -0.15) is 13.2 Å². The van der Waals surface area contributed by atoms with E-state index in [1.165, 1.54) is 0 Å². The smallest absolute Gasteiger partial charge is 0.744 e. The molecule has 0 heterocycles. The first-order valence-corrected chi connectivity index (χ1v) is 5.23. The predicted molar refractivity (Wildman–Crippen MR) is 29.3 cm³/mol. The van der Waals surface area contributed by atoms with Gasteiger partial charge in [0.05, 0.1) is 0 Å². The fourth-order valence-corrected chi connectivity index (χ4v) is 1.98. The van der Waals surface area contributed by atoms with Crippen molar-refractivity contribution < 1.29 is 146 Å². The molecule has 0 bridgehead atoms. The molecule has 0 aromatic heterocycles. The minimum absolute atomic E-state index is 0. The molecule has 0 unspecified atom stereocenters. The van der Waals surface area contributed by atoms with Crippen molar-refractivity contribution >= 4 is 20.2 Å². The van der Waals surface area contributed by atoms with Crippen LogP contribution < -0.4 is 103 Å². The molecule has 86 valence electrons.